The molecule has 0 aliphatic carbocycles. The van der Waals surface area contributed by atoms with E-state index < -0.39 is 0 Å². The molecule has 2 aliphatic rings. The third-order valence-corrected chi connectivity index (χ3v) is 4.22. The molecule has 0 spiro atoms. The van der Waals surface area contributed by atoms with Crippen molar-refractivity contribution in [2.75, 3.05) is 38.6 Å². The number of hydrogen-bond acceptors (Lipinski definition) is 3. The summed E-state index contributed by atoms with van der Waals surface area (Å²) in [7, 11) is 1.63. The number of carbonyl (C=O) groups is 1. The average molecular weight is 275 g/mol. The van der Waals surface area contributed by atoms with Crippen LogP contribution in [0.5, 0.6) is 5.75 Å². The van der Waals surface area contributed by atoms with Gasteiger partial charge in [-0.25, -0.2) is 4.79 Å². The number of carbonyl (C=O) groups excluding carboxylic acids is 1. The fourth-order valence-corrected chi connectivity index (χ4v) is 3.05. The average Bonchev–Trinajstić information content (AvgIpc) is 2.95. The summed E-state index contributed by atoms with van der Waals surface area (Å²) in [6.45, 7) is 3.86. The molecule has 1 aromatic carbocycles. The van der Waals surface area contributed by atoms with E-state index >= 15 is 0 Å². The van der Waals surface area contributed by atoms with Crippen LogP contribution in [-0.4, -0.2) is 55.2 Å². The van der Waals surface area contributed by atoms with E-state index in [1.165, 1.54) is 19.4 Å². The second-order valence-corrected chi connectivity index (χ2v) is 5.44. The summed E-state index contributed by atoms with van der Waals surface area (Å²) >= 11 is 0. The lowest BCUT2D eigenvalue weighted by Gasteiger charge is -2.37. The Hall–Kier alpha value is -1.75. The molecular weight excluding hydrogens is 254 g/mol. The summed E-state index contributed by atoms with van der Waals surface area (Å²) < 4.78 is 5.11. The van der Waals surface area contributed by atoms with Gasteiger partial charge in [0.15, 0.2) is 0 Å². The van der Waals surface area contributed by atoms with Crippen molar-refractivity contribution in [2.24, 2.45) is 0 Å². The SMILES string of the molecule is COc1ccc(NC(=O)N2CCN3CCC[C@H]3C2)cc1. The first kappa shape index (κ1) is 13.2. The highest BCUT2D eigenvalue weighted by Crippen LogP contribution is 2.22. The van der Waals surface area contributed by atoms with Crippen LogP contribution in [-0.2, 0) is 0 Å². The number of nitrogens with one attached hydrogen (secondary N) is 1. The molecular formula is C15H21N3O2. The topological polar surface area (TPSA) is 44.8 Å². The van der Waals surface area contributed by atoms with E-state index in [9.17, 15) is 4.79 Å². The normalized spacial score (nSPS) is 22.4. The van der Waals surface area contributed by atoms with E-state index in [4.69, 9.17) is 4.74 Å². The molecule has 0 unspecified atom stereocenters. The Morgan fingerprint density at radius 2 is 2.05 bits per heavy atom. The van der Waals surface area contributed by atoms with Crippen molar-refractivity contribution in [2.45, 2.75) is 18.9 Å². The van der Waals surface area contributed by atoms with Crippen LogP contribution in [0, 0.1) is 0 Å². The summed E-state index contributed by atoms with van der Waals surface area (Å²) in [5.74, 6) is 0.794. The zero-order chi connectivity index (χ0) is 13.9. The summed E-state index contributed by atoms with van der Waals surface area (Å²) in [6.07, 6.45) is 2.48. The third-order valence-electron chi connectivity index (χ3n) is 4.22. The molecule has 0 aromatic heterocycles. The maximum absolute atomic E-state index is 12.3. The predicted molar refractivity (Wildman–Crippen MR) is 78.2 cm³/mol. The van der Waals surface area contributed by atoms with E-state index in [-0.39, 0.29) is 6.03 Å². The molecule has 1 N–H and O–H groups in total. The number of urea groups is 1. The number of benzene rings is 1. The van der Waals surface area contributed by atoms with Crippen LogP contribution < -0.4 is 10.1 Å². The second kappa shape index (κ2) is 5.71. The van der Waals surface area contributed by atoms with Gasteiger partial charge in [-0.3, -0.25) is 4.90 Å². The highest BCUT2D eigenvalue weighted by Gasteiger charge is 2.32. The molecule has 5 nitrogen and oxygen atoms in total. The van der Waals surface area contributed by atoms with Crippen molar-refractivity contribution in [3.8, 4) is 5.75 Å². The number of piperazine rings is 1. The lowest BCUT2D eigenvalue weighted by Crippen LogP contribution is -2.53. The quantitative estimate of drug-likeness (QED) is 0.898. The Bertz CT molecular complexity index is 475. The maximum Gasteiger partial charge on any atom is 0.321 e. The zero-order valence-corrected chi connectivity index (χ0v) is 11.8. The number of hydrogen-bond donors (Lipinski definition) is 1. The first-order valence-corrected chi connectivity index (χ1v) is 7.20. The van der Waals surface area contributed by atoms with Crippen molar-refractivity contribution >= 4 is 11.7 Å². The maximum atomic E-state index is 12.3. The minimum atomic E-state index is 0.00159. The van der Waals surface area contributed by atoms with Crippen molar-refractivity contribution in [3.63, 3.8) is 0 Å². The van der Waals surface area contributed by atoms with Gasteiger partial charge in [-0.05, 0) is 43.7 Å². The molecule has 3 rings (SSSR count). The van der Waals surface area contributed by atoms with Gasteiger partial charge >= 0.3 is 6.03 Å². The van der Waals surface area contributed by atoms with Crippen molar-refractivity contribution in [3.05, 3.63) is 24.3 Å². The number of methoxy groups -OCH3 is 1. The van der Waals surface area contributed by atoms with Crippen LogP contribution >= 0.6 is 0 Å². The molecule has 2 heterocycles. The predicted octanol–water partition coefficient (Wildman–Crippen LogP) is 2.01. The molecule has 2 saturated heterocycles. The number of nitrogens with zero attached hydrogens (tertiary/aromatic N) is 2. The minimum Gasteiger partial charge on any atom is -0.497 e. The van der Waals surface area contributed by atoms with Crippen LogP contribution in [0.4, 0.5) is 10.5 Å². The second-order valence-electron chi connectivity index (χ2n) is 5.44. The molecule has 0 bridgehead atoms. The summed E-state index contributed by atoms with van der Waals surface area (Å²) in [6, 6.07) is 7.99. The van der Waals surface area contributed by atoms with E-state index in [0.717, 1.165) is 31.1 Å². The monoisotopic (exact) mass is 275 g/mol. The number of ether oxygens (including phenoxy) is 1. The lowest BCUT2D eigenvalue weighted by molar-refractivity contribution is 0.124. The van der Waals surface area contributed by atoms with Gasteiger partial charge in [0, 0.05) is 31.4 Å². The molecule has 1 atom stereocenters. The third kappa shape index (κ3) is 2.72. The highest BCUT2D eigenvalue weighted by molar-refractivity contribution is 5.89. The van der Waals surface area contributed by atoms with Gasteiger partial charge in [-0.1, -0.05) is 0 Å². The van der Waals surface area contributed by atoms with Crippen molar-refractivity contribution in [1.29, 1.82) is 0 Å². The summed E-state index contributed by atoms with van der Waals surface area (Å²) in [5, 5.41) is 2.96. The van der Waals surface area contributed by atoms with Crippen molar-refractivity contribution in [1.82, 2.24) is 9.80 Å². The molecule has 5 heteroatoms. The molecule has 0 radical (unpaired) electrons. The van der Waals surface area contributed by atoms with Gasteiger partial charge in [0.25, 0.3) is 0 Å². The van der Waals surface area contributed by atoms with Gasteiger partial charge in [-0.15, -0.1) is 0 Å². The standard InChI is InChI=1S/C15H21N3O2/c1-20-14-6-4-12(5-7-14)16-15(19)18-10-9-17-8-2-3-13(17)11-18/h4-7,13H,2-3,8-11H2,1H3,(H,16,19)/t13-/m0/s1. The first-order valence-electron chi connectivity index (χ1n) is 7.20. The summed E-state index contributed by atoms with van der Waals surface area (Å²) in [5.41, 5.74) is 0.810. The smallest absolute Gasteiger partial charge is 0.321 e. The van der Waals surface area contributed by atoms with Crippen molar-refractivity contribution < 1.29 is 9.53 Å². The van der Waals surface area contributed by atoms with Gasteiger partial charge < -0.3 is 15.0 Å². The fourth-order valence-electron chi connectivity index (χ4n) is 3.05. The minimum absolute atomic E-state index is 0.00159. The van der Waals surface area contributed by atoms with Gasteiger partial charge in [0.1, 0.15) is 5.75 Å². The molecule has 1 aromatic rings. The van der Waals surface area contributed by atoms with Crippen LogP contribution in [0.25, 0.3) is 0 Å². The molecule has 0 saturated carbocycles. The van der Waals surface area contributed by atoms with Crippen LogP contribution in [0.1, 0.15) is 12.8 Å². The Labute approximate surface area is 119 Å². The number of anilines is 1. The lowest BCUT2D eigenvalue weighted by atomic mass is 10.1. The van der Waals surface area contributed by atoms with E-state index in [1.54, 1.807) is 7.11 Å². The number of rotatable bonds is 2. The van der Waals surface area contributed by atoms with E-state index in [0.29, 0.717) is 6.04 Å². The van der Waals surface area contributed by atoms with Crippen LogP contribution in [0.15, 0.2) is 24.3 Å². The first-order chi connectivity index (χ1) is 9.76. The zero-order valence-electron chi connectivity index (χ0n) is 11.8. The molecule has 20 heavy (non-hydrogen) atoms. The largest absolute Gasteiger partial charge is 0.497 e. The van der Waals surface area contributed by atoms with Gasteiger partial charge in [0.05, 0.1) is 7.11 Å². The highest BCUT2D eigenvalue weighted by atomic mass is 16.5. The molecule has 108 valence electrons. The number of fused-ring (bicyclic) bond motifs is 1. The Kier molecular flexibility index (Phi) is 3.78. The van der Waals surface area contributed by atoms with E-state index in [2.05, 4.69) is 10.2 Å². The Morgan fingerprint density at radius 3 is 2.80 bits per heavy atom. The Balaban J connectivity index is 1.58. The fraction of sp³-hybridized carbons (Fsp3) is 0.533. The van der Waals surface area contributed by atoms with Crippen LogP contribution in [0.3, 0.4) is 0 Å². The van der Waals surface area contributed by atoms with E-state index in [1.807, 2.05) is 29.2 Å². The van der Waals surface area contributed by atoms with Gasteiger partial charge in [0.2, 0.25) is 0 Å². The number of amides is 2. The van der Waals surface area contributed by atoms with Crippen LogP contribution in [0.2, 0.25) is 0 Å². The molecule has 2 fully saturated rings. The van der Waals surface area contributed by atoms with Gasteiger partial charge in [-0.2, -0.15) is 0 Å². The molecule has 2 amide bonds. The summed E-state index contributed by atoms with van der Waals surface area (Å²) in [4.78, 5) is 16.7. The molecule has 2 aliphatic heterocycles. The Morgan fingerprint density at radius 1 is 1.25 bits per heavy atom.